The number of nitrogens with two attached hydrogens (primary N) is 1. The fourth-order valence-electron chi connectivity index (χ4n) is 3.07. The van der Waals surface area contributed by atoms with Gasteiger partial charge in [0, 0.05) is 13.0 Å². The molecule has 2 atom stereocenters. The second-order valence-corrected chi connectivity index (χ2v) is 7.13. The molecule has 0 aliphatic rings. The number of ketones is 1. The van der Waals surface area contributed by atoms with Crippen LogP contribution >= 0.6 is 0 Å². The fraction of sp³-hybridized carbons (Fsp3) is 0.900. The molecule has 0 saturated carbocycles. The Kier molecular flexibility index (Phi) is 15.9. The highest BCUT2D eigenvalue weighted by atomic mass is 16.4. The first kappa shape index (κ1) is 24.1. The average molecular weight is 358 g/mol. The summed E-state index contributed by atoms with van der Waals surface area (Å²) in [5, 5.41) is 18.6. The predicted molar refractivity (Wildman–Crippen MR) is 102 cm³/mol. The van der Waals surface area contributed by atoms with Crippen molar-refractivity contribution in [2.75, 3.05) is 6.54 Å². The minimum Gasteiger partial charge on any atom is -0.481 e. The van der Waals surface area contributed by atoms with Crippen molar-refractivity contribution >= 4 is 11.8 Å². The molecule has 2 unspecified atom stereocenters. The van der Waals surface area contributed by atoms with Crippen LogP contribution < -0.4 is 5.73 Å². The second kappa shape index (κ2) is 16.5. The molecular weight excluding hydrogens is 318 g/mol. The number of carboxylic acid groups (broad SMARTS) is 1. The van der Waals surface area contributed by atoms with Crippen LogP contribution in [0.3, 0.4) is 0 Å². The third-order valence-electron chi connectivity index (χ3n) is 4.74. The maximum atomic E-state index is 11.9. The van der Waals surface area contributed by atoms with E-state index in [4.69, 9.17) is 5.73 Å². The number of unbranched alkanes of at least 4 members (excludes halogenated alkanes) is 11. The quantitative estimate of drug-likeness (QED) is 0.254. The molecule has 0 aromatic heterocycles. The van der Waals surface area contributed by atoms with Crippen molar-refractivity contribution in [1.82, 2.24) is 0 Å². The second-order valence-electron chi connectivity index (χ2n) is 7.13. The Morgan fingerprint density at radius 1 is 0.840 bits per heavy atom. The van der Waals surface area contributed by atoms with Gasteiger partial charge < -0.3 is 15.9 Å². The summed E-state index contributed by atoms with van der Waals surface area (Å²) in [4.78, 5) is 23.1. The maximum absolute atomic E-state index is 11.9. The van der Waals surface area contributed by atoms with E-state index in [0.29, 0.717) is 6.42 Å². The Hall–Kier alpha value is -0.940. The molecule has 0 spiro atoms. The Bertz CT molecular complexity index is 347. The molecule has 0 saturated heterocycles. The number of aliphatic carboxylic acids is 1. The Balaban J connectivity index is 3.63. The molecule has 0 rings (SSSR count). The van der Waals surface area contributed by atoms with E-state index in [1.165, 1.54) is 57.8 Å². The number of aliphatic hydroxyl groups excluding tert-OH is 1. The summed E-state index contributed by atoms with van der Waals surface area (Å²) in [5.74, 6) is -2.49. The monoisotopic (exact) mass is 357 g/mol. The van der Waals surface area contributed by atoms with Crippen LogP contribution in [-0.4, -0.2) is 34.6 Å². The molecule has 0 radical (unpaired) electrons. The number of carbonyl (C=O) groups excluding carboxylic acids is 1. The van der Waals surface area contributed by atoms with E-state index >= 15 is 0 Å². The van der Waals surface area contributed by atoms with E-state index in [2.05, 4.69) is 6.92 Å². The van der Waals surface area contributed by atoms with E-state index in [1.807, 2.05) is 0 Å². The molecule has 0 aliphatic carbocycles. The maximum Gasteiger partial charge on any atom is 0.314 e. The topological polar surface area (TPSA) is 101 Å². The summed E-state index contributed by atoms with van der Waals surface area (Å²) < 4.78 is 0. The van der Waals surface area contributed by atoms with E-state index in [-0.39, 0.29) is 13.0 Å². The van der Waals surface area contributed by atoms with Gasteiger partial charge in [0.15, 0.2) is 0 Å². The van der Waals surface area contributed by atoms with Crippen LogP contribution in [-0.2, 0) is 9.59 Å². The van der Waals surface area contributed by atoms with Crippen molar-refractivity contribution in [2.24, 2.45) is 11.7 Å². The molecule has 0 aromatic carbocycles. The summed E-state index contributed by atoms with van der Waals surface area (Å²) in [7, 11) is 0. The van der Waals surface area contributed by atoms with E-state index in [9.17, 15) is 19.8 Å². The Morgan fingerprint density at radius 3 is 1.68 bits per heavy atom. The molecule has 0 heterocycles. The van der Waals surface area contributed by atoms with Gasteiger partial charge in [0.25, 0.3) is 0 Å². The van der Waals surface area contributed by atoms with Gasteiger partial charge in [-0.25, -0.2) is 0 Å². The lowest BCUT2D eigenvalue weighted by atomic mass is 9.93. The molecule has 4 N–H and O–H groups in total. The smallest absolute Gasteiger partial charge is 0.314 e. The van der Waals surface area contributed by atoms with Crippen molar-refractivity contribution in [3.63, 3.8) is 0 Å². The summed E-state index contributed by atoms with van der Waals surface area (Å²) >= 11 is 0. The van der Waals surface area contributed by atoms with Gasteiger partial charge in [0.2, 0.25) is 0 Å². The predicted octanol–water partition coefficient (Wildman–Crippen LogP) is 4.06. The molecule has 0 bridgehead atoms. The zero-order valence-electron chi connectivity index (χ0n) is 16.0. The van der Waals surface area contributed by atoms with Gasteiger partial charge in [-0.15, -0.1) is 0 Å². The molecule has 25 heavy (non-hydrogen) atoms. The normalized spacial score (nSPS) is 13.6. The number of Topliss-reactive ketones (excluding diaryl/α,β-unsaturated/α-hetero) is 1. The molecule has 5 heteroatoms. The van der Waals surface area contributed by atoms with Crippen LogP contribution in [0, 0.1) is 5.92 Å². The van der Waals surface area contributed by atoms with Crippen LogP contribution in [0.25, 0.3) is 0 Å². The molecule has 5 nitrogen and oxygen atoms in total. The van der Waals surface area contributed by atoms with Crippen LogP contribution in [0.5, 0.6) is 0 Å². The number of hydrogen-bond acceptors (Lipinski definition) is 4. The highest BCUT2D eigenvalue weighted by Gasteiger charge is 2.26. The molecular formula is C20H39NO4. The lowest BCUT2D eigenvalue weighted by molar-refractivity contribution is -0.147. The zero-order valence-corrected chi connectivity index (χ0v) is 16.0. The lowest BCUT2D eigenvalue weighted by Crippen LogP contribution is -2.30. The van der Waals surface area contributed by atoms with Crippen molar-refractivity contribution in [1.29, 1.82) is 0 Å². The first-order chi connectivity index (χ1) is 12.0. The minimum atomic E-state index is -1.09. The van der Waals surface area contributed by atoms with E-state index in [1.54, 1.807) is 0 Å². The zero-order chi connectivity index (χ0) is 18.9. The number of carbonyl (C=O) groups is 2. The van der Waals surface area contributed by atoms with Gasteiger partial charge in [-0.2, -0.15) is 0 Å². The van der Waals surface area contributed by atoms with Gasteiger partial charge in [-0.05, 0) is 6.42 Å². The van der Waals surface area contributed by atoms with Gasteiger partial charge in [0.1, 0.15) is 11.7 Å². The van der Waals surface area contributed by atoms with Crippen LogP contribution in [0.4, 0.5) is 0 Å². The van der Waals surface area contributed by atoms with Gasteiger partial charge >= 0.3 is 5.97 Å². The average Bonchev–Trinajstić information content (AvgIpc) is 2.58. The third kappa shape index (κ3) is 14.0. The SMILES string of the molecule is CCCCCCCCCCCCCCC(C(=O)O)C(=O)CC(O)CN. The molecule has 0 aliphatic heterocycles. The highest BCUT2D eigenvalue weighted by molar-refractivity contribution is 5.98. The number of carboxylic acids is 1. The minimum absolute atomic E-state index is 0.0172. The van der Waals surface area contributed by atoms with Crippen molar-refractivity contribution in [3.05, 3.63) is 0 Å². The first-order valence-electron chi connectivity index (χ1n) is 10.2. The van der Waals surface area contributed by atoms with Crippen molar-refractivity contribution in [2.45, 2.75) is 103 Å². The standard InChI is InChI=1S/C20H39NO4/c1-2-3-4-5-6-7-8-9-10-11-12-13-14-18(20(24)25)19(23)15-17(22)16-21/h17-18,22H,2-16,21H2,1H3,(H,24,25). The summed E-state index contributed by atoms with van der Waals surface area (Å²) in [6, 6.07) is 0. The van der Waals surface area contributed by atoms with Crippen LogP contribution in [0.2, 0.25) is 0 Å². The number of rotatable bonds is 18. The largest absolute Gasteiger partial charge is 0.481 e. The van der Waals surface area contributed by atoms with Gasteiger partial charge in [0.05, 0.1) is 6.10 Å². The summed E-state index contributed by atoms with van der Waals surface area (Å²) in [6.07, 6.45) is 13.8. The van der Waals surface area contributed by atoms with Crippen LogP contribution in [0.1, 0.15) is 96.8 Å². The van der Waals surface area contributed by atoms with Gasteiger partial charge in [-0.1, -0.05) is 84.0 Å². The first-order valence-corrected chi connectivity index (χ1v) is 10.2. The van der Waals surface area contributed by atoms with E-state index in [0.717, 1.165) is 19.3 Å². The molecule has 0 amide bonds. The molecule has 148 valence electrons. The highest BCUT2D eigenvalue weighted by Crippen LogP contribution is 2.17. The molecule has 0 fully saturated rings. The lowest BCUT2D eigenvalue weighted by Gasteiger charge is -2.13. The Labute approximate surface area is 153 Å². The van der Waals surface area contributed by atoms with Crippen molar-refractivity contribution in [3.8, 4) is 0 Å². The third-order valence-corrected chi connectivity index (χ3v) is 4.74. The summed E-state index contributed by atoms with van der Waals surface area (Å²) in [5.41, 5.74) is 5.27. The van der Waals surface area contributed by atoms with E-state index < -0.39 is 23.8 Å². The Morgan fingerprint density at radius 2 is 1.28 bits per heavy atom. The van der Waals surface area contributed by atoms with Crippen molar-refractivity contribution < 1.29 is 19.8 Å². The van der Waals surface area contributed by atoms with Crippen LogP contribution in [0.15, 0.2) is 0 Å². The number of hydrogen-bond donors (Lipinski definition) is 3. The number of aliphatic hydroxyl groups is 1. The molecule has 0 aromatic rings. The summed E-state index contributed by atoms with van der Waals surface area (Å²) in [6.45, 7) is 2.22. The fourth-order valence-corrected chi connectivity index (χ4v) is 3.07. The van der Waals surface area contributed by atoms with Gasteiger partial charge in [-0.3, -0.25) is 9.59 Å².